The number of carbonyl (C=O) groups excluding carboxylic acids is 1. The Morgan fingerprint density at radius 1 is 1.28 bits per heavy atom. The van der Waals surface area contributed by atoms with Crippen molar-refractivity contribution in [2.24, 2.45) is 7.05 Å². The number of nitrogens with one attached hydrogen (secondary N) is 2. The Hall–Kier alpha value is -1.82. The number of hydrogen-bond donors (Lipinski definition) is 2. The van der Waals surface area contributed by atoms with Crippen LogP contribution in [0.15, 0.2) is 29.3 Å². The van der Waals surface area contributed by atoms with E-state index in [0.717, 1.165) is 18.2 Å². The lowest BCUT2D eigenvalue weighted by Gasteiger charge is -2.42. The van der Waals surface area contributed by atoms with Crippen LogP contribution in [-0.2, 0) is 18.4 Å². The first kappa shape index (κ1) is 21.9. The highest BCUT2D eigenvalue weighted by Crippen LogP contribution is 2.46. The van der Waals surface area contributed by atoms with Gasteiger partial charge in [0.2, 0.25) is 0 Å². The predicted octanol–water partition coefficient (Wildman–Crippen LogP) is 4.31. The molecule has 1 aliphatic rings. The lowest BCUT2D eigenvalue weighted by Crippen LogP contribution is -2.62. The average Bonchev–Trinajstić information content (AvgIpc) is 2.96. The first-order valence-corrected chi connectivity index (χ1v) is 9.85. The first-order valence-electron chi connectivity index (χ1n) is 8.32. The van der Waals surface area contributed by atoms with E-state index in [2.05, 4.69) is 10.0 Å². The Kier molecular flexibility index (Phi) is 5.87. The van der Waals surface area contributed by atoms with Crippen LogP contribution in [0.25, 0.3) is 0 Å². The smallest absolute Gasteiger partial charge is 0.410 e. The molecule has 1 heterocycles. The maximum atomic E-state index is 13.4. The Morgan fingerprint density at radius 3 is 2.45 bits per heavy atom. The molecule has 1 aromatic carbocycles. The van der Waals surface area contributed by atoms with Crippen molar-refractivity contribution in [3.63, 3.8) is 0 Å². The number of rotatable bonds is 5. The predicted molar refractivity (Wildman–Crippen MR) is 96.9 cm³/mol. The van der Waals surface area contributed by atoms with Crippen LogP contribution in [0.2, 0.25) is 5.02 Å². The van der Waals surface area contributed by atoms with Crippen molar-refractivity contribution in [1.29, 1.82) is 0 Å². The third-order valence-electron chi connectivity index (χ3n) is 4.71. The number of nitrogens with zero attached hydrogens (tertiary/aromatic N) is 1. The van der Waals surface area contributed by atoms with Crippen molar-refractivity contribution in [3.8, 4) is 0 Å². The molecule has 158 valence electrons. The molecular formula is C17H15ClF5N3O2S. The van der Waals surface area contributed by atoms with Gasteiger partial charge in [-0.05, 0) is 25.3 Å². The summed E-state index contributed by atoms with van der Waals surface area (Å²) in [4.78, 5) is 12.4. The second kappa shape index (κ2) is 7.78. The van der Waals surface area contributed by atoms with Gasteiger partial charge in [-0.3, -0.25) is 4.79 Å². The highest BCUT2D eigenvalue weighted by atomic mass is 35.5. The molecule has 12 heteroatoms. The number of halogens is 6. The van der Waals surface area contributed by atoms with Gasteiger partial charge < -0.3 is 14.4 Å². The molecule has 1 aromatic heterocycles. The second-order valence-electron chi connectivity index (χ2n) is 6.68. The van der Waals surface area contributed by atoms with Gasteiger partial charge in [0.05, 0.1) is 22.6 Å². The van der Waals surface area contributed by atoms with Crippen molar-refractivity contribution in [2.45, 2.75) is 35.9 Å². The number of aromatic nitrogens is 1. The quantitative estimate of drug-likeness (QED) is 0.401. The molecule has 2 N–H and O–H groups in total. The van der Waals surface area contributed by atoms with Gasteiger partial charge >= 0.3 is 6.18 Å². The van der Waals surface area contributed by atoms with Gasteiger partial charge in [0.15, 0.2) is 22.1 Å². The zero-order valence-electron chi connectivity index (χ0n) is 14.9. The molecule has 1 unspecified atom stereocenters. The zero-order valence-corrected chi connectivity index (χ0v) is 16.4. The molecule has 0 bridgehead atoms. The minimum atomic E-state index is -4.55. The highest BCUT2D eigenvalue weighted by Gasteiger charge is 2.61. The Bertz CT molecular complexity index is 923. The molecule has 5 nitrogen and oxygen atoms in total. The number of hydrogen-bond acceptors (Lipinski definition) is 3. The molecule has 3 rings (SSSR count). The van der Waals surface area contributed by atoms with E-state index in [-0.39, 0.29) is 29.1 Å². The standard InChI is InChI=1S/C17H15ClF5N3O2S/c1-26-8-10(29(28)25-16(3-2-4-16)17(21,22)23)7-13(26)15(27)24-9-5-11(18)14(20)12(19)6-9/h5-8,25H,2-4H2,1H3,(H,24,27). The molecular weight excluding hydrogens is 441 g/mol. The summed E-state index contributed by atoms with van der Waals surface area (Å²) in [5.74, 6) is -3.29. The van der Waals surface area contributed by atoms with Crippen LogP contribution in [0.4, 0.5) is 27.6 Å². The van der Waals surface area contributed by atoms with Gasteiger partial charge in [0, 0.05) is 24.9 Å². The molecule has 0 spiro atoms. The average molecular weight is 456 g/mol. The molecule has 2 aromatic rings. The zero-order chi connectivity index (χ0) is 21.6. The van der Waals surface area contributed by atoms with E-state index in [9.17, 15) is 31.3 Å². The summed E-state index contributed by atoms with van der Waals surface area (Å²) in [6, 6.07) is 2.89. The molecule has 1 saturated carbocycles. The van der Waals surface area contributed by atoms with Crippen molar-refractivity contribution in [3.05, 3.63) is 46.7 Å². The normalized spacial score (nSPS) is 17.0. The van der Waals surface area contributed by atoms with Gasteiger partial charge in [0.25, 0.3) is 5.91 Å². The minimum Gasteiger partial charge on any atom is -0.593 e. The molecule has 1 atom stereocenters. The van der Waals surface area contributed by atoms with E-state index < -0.39 is 45.6 Å². The summed E-state index contributed by atoms with van der Waals surface area (Å²) in [5.41, 5.74) is -2.38. The second-order valence-corrected chi connectivity index (χ2v) is 8.30. The number of amides is 1. The lowest BCUT2D eigenvalue weighted by molar-refractivity contribution is -0.212. The maximum Gasteiger partial charge on any atom is 0.410 e. The van der Waals surface area contributed by atoms with E-state index in [1.54, 1.807) is 0 Å². The Labute approximate surface area is 170 Å². The van der Waals surface area contributed by atoms with E-state index in [1.807, 2.05) is 0 Å². The van der Waals surface area contributed by atoms with Gasteiger partial charge in [0.1, 0.15) is 5.69 Å². The van der Waals surface area contributed by atoms with Crippen molar-refractivity contribution in [2.75, 3.05) is 5.32 Å². The highest BCUT2D eigenvalue weighted by molar-refractivity contribution is 7.89. The van der Waals surface area contributed by atoms with Gasteiger partial charge in [-0.2, -0.15) is 13.2 Å². The summed E-state index contributed by atoms with van der Waals surface area (Å²) in [6.45, 7) is 0. The summed E-state index contributed by atoms with van der Waals surface area (Å²) in [7, 11) is 1.43. The van der Waals surface area contributed by atoms with Gasteiger partial charge in [-0.25, -0.2) is 8.78 Å². The number of alkyl halides is 3. The number of anilines is 1. The fraction of sp³-hybridized carbons (Fsp3) is 0.353. The van der Waals surface area contributed by atoms with Gasteiger partial charge in [-0.15, -0.1) is 4.72 Å². The van der Waals surface area contributed by atoms with Crippen LogP contribution in [0.1, 0.15) is 29.8 Å². The summed E-state index contributed by atoms with van der Waals surface area (Å²) in [6.07, 6.45) is -3.30. The fourth-order valence-electron chi connectivity index (χ4n) is 2.89. The topological polar surface area (TPSA) is 69.1 Å². The van der Waals surface area contributed by atoms with Crippen LogP contribution in [-0.4, -0.2) is 26.7 Å². The van der Waals surface area contributed by atoms with E-state index >= 15 is 0 Å². The molecule has 0 aliphatic heterocycles. The monoisotopic (exact) mass is 455 g/mol. The minimum absolute atomic E-state index is 0.0310. The maximum absolute atomic E-state index is 13.4. The van der Waals surface area contributed by atoms with Crippen molar-refractivity contribution in [1.82, 2.24) is 9.29 Å². The van der Waals surface area contributed by atoms with E-state index in [0.29, 0.717) is 6.42 Å². The lowest BCUT2D eigenvalue weighted by atomic mass is 9.77. The number of carbonyl (C=O) groups is 1. The number of benzene rings is 1. The van der Waals surface area contributed by atoms with Crippen LogP contribution in [0.5, 0.6) is 0 Å². The van der Waals surface area contributed by atoms with Crippen LogP contribution in [0, 0.1) is 11.6 Å². The molecule has 0 saturated heterocycles. The Morgan fingerprint density at radius 2 is 1.93 bits per heavy atom. The SMILES string of the molecule is Cn1cc([S+]([O-])NC2(C(F)(F)F)CCC2)cc1C(=O)Nc1cc(F)c(F)c(Cl)c1. The van der Waals surface area contributed by atoms with Gasteiger partial charge in [-0.1, -0.05) is 11.6 Å². The van der Waals surface area contributed by atoms with Crippen molar-refractivity contribution < 1.29 is 31.3 Å². The number of aryl methyl sites for hydroxylation is 1. The first-order chi connectivity index (χ1) is 13.4. The summed E-state index contributed by atoms with van der Waals surface area (Å²) < 4.78 is 82.2. The van der Waals surface area contributed by atoms with E-state index in [1.165, 1.54) is 17.8 Å². The molecule has 29 heavy (non-hydrogen) atoms. The molecule has 1 aliphatic carbocycles. The molecule has 1 fully saturated rings. The Balaban J connectivity index is 1.77. The van der Waals surface area contributed by atoms with Crippen molar-refractivity contribution >= 4 is 34.6 Å². The third kappa shape index (κ3) is 4.23. The molecule has 0 radical (unpaired) electrons. The largest absolute Gasteiger partial charge is 0.593 e. The summed E-state index contributed by atoms with van der Waals surface area (Å²) in [5, 5.41) is 1.77. The van der Waals surface area contributed by atoms with Crippen LogP contribution >= 0.6 is 11.6 Å². The van der Waals surface area contributed by atoms with Crippen LogP contribution < -0.4 is 10.0 Å². The van der Waals surface area contributed by atoms with E-state index in [4.69, 9.17) is 11.6 Å². The molecule has 1 amide bonds. The summed E-state index contributed by atoms with van der Waals surface area (Å²) >= 11 is 3.32. The van der Waals surface area contributed by atoms with Crippen LogP contribution in [0.3, 0.4) is 0 Å². The fourth-order valence-corrected chi connectivity index (χ4v) is 4.37. The third-order valence-corrected chi connectivity index (χ3v) is 6.21.